The van der Waals surface area contributed by atoms with Crippen molar-refractivity contribution in [2.24, 2.45) is 0 Å². The lowest BCUT2D eigenvalue weighted by atomic mass is 10.2. The second kappa shape index (κ2) is 10.4. The van der Waals surface area contributed by atoms with Gasteiger partial charge in [-0.1, -0.05) is 6.92 Å². The molecule has 7 nitrogen and oxygen atoms in total. The fraction of sp³-hybridized carbons (Fsp3) is 0.438. The molecule has 144 valence electrons. The Kier molecular flexibility index (Phi) is 8.56. The van der Waals surface area contributed by atoms with Gasteiger partial charge in [-0.3, -0.25) is 14.4 Å². The molecule has 26 heavy (non-hydrogen) atoms. The summed E-state index contributed by atoms with van der Waals surface area (Å²) < 4.78 is 39.5. The van der Waals surface area contributed by atoms with E-state index in [0.717, 1.165) is 12.5 Å². The van der Waals surface area contributed by atoms with Gasteiger partial charge in [-0.2, -0.15) is 0 Å². The van der Waals surface area contributed by atoms with Crippen LogP contribution in [0.4, 0.5) is 18.9 Å². The molecule has 0 bridgehead atoms. The predicted molar refractivity (Wildman–Crippen MR) is 87.9 cm³/mol. The summed E-state index contributed by atoms with van der Waals surface area (Å²) in [5.74, 6) is -5.97. The van der Waals surface area contributed by atoms with Crippen LogP contribution in [0, 0.1) is 17.5 Å². The molecule has 0 saturated heterocycles. The maximum Gasteiger partial charge on any atom is 0.279 e. The Labute approximate surface area is 148 Å². The van der Waals surface area contributed by atoms with E-state index in [1.807, 2.05) is 6.92 Å². The Hall–Kier alpha value is -2.62. The fourth-order valence-corrected chi connectivity index (χ4v) is 2.00. The lowest BCUT2D eigenvalue weighted by molar-refractivity contribution is -0.862. The largest absolute Gasteiger partial charge is 0.355 e. The molecule has 0 fully saturated rings. The standard InChI is InChI=1S/C16H21F3N4O3/c1-3-6-20-12(24)7-21-13(25)8-23(2)9-14(26)22-11-5-4-10(17)15(18)16(11)19/h4-5H,3,6-9H2,1-2H3,(H,20,24)(H,21,25)(H,22,26)/p+1. The summed E-state index contributed by atoms with van der Waals surface area (Å²) in [6.07, 6.45) is 0.778. The Morgan fingerprint density at radius 2 is 1.62 bits per heavy atom. The molecule has 0 saturated carbocycles. The average molecular weight is 375 g/mol. The number of anilines is 1. The zero-order valence-electron chi connectivity index (χ0n) is 14.5. The average Bonchev–Trinajstić information content (AvgIpc) is 2.58. The summed E-state index contributed by atoms with van der Waals surface area (Å²) in [6, 6.07) is 1.60. The van der Waals surface area contributed by atoms with Crippen molar-refractivity contribution >= 4 is 23.4 Å². The third-order valence-electron chi connectivity index (χ3n) is 3.25. The molecule has 1 atom stereocenters. The minimum atomic E-state index is -1.68. The molecule has 10 heteroatoms. The molecule has 1 unspecified atom stereocenters. The Balaban J connectivity index is 2.41. The molecular weight excluding hydrogens is 353 g/mol. The van der Waals surface area contributed by atoms with Crippen LogP contribution in [-0.4, -0.2) is 50.9 Å². The van der Waals surface area contributed by atoms with Gasteiger partial charge in [0.2, 0.25) is 5.91 Å². The van der Waals surface area contributed by atoms with Crippen LogP contribution in [-0.2, 0) is 14.4 Å². The molecule has 0 aliphatic rings. The van der Waals surface area contributed by atoms with Gasteiger partial charge in [0.15, 0.2) is 30.5 Å². The van der Waals surface area contributed by atoms with Crippen LogP contribution in [0.2, 0.25) is 0 Å². The molecule has 3 amide bonds. The molecule has 0 heterocycles. The second-order valence-corrected chi connectivity index (χ2v) is 5.71. The van der Waals surface area contributed by atoms with Gasteiger partial charge in [0.05, 0.1) is 19.3 Å². The van der Waals surface area contributed by atoms with Gasteiger partial charge in [-0.05, 0) is 18.6 Å². The van der Waals surface area contributed by atoms with Crippen molar-refractivity contribution in [2.75, 3.05) is 38.5 Å². The molecule has 4 N–H and O–H groups in total. The topological polar surface area (TPSA) is 91.7 Å². The number of nitrogens with one attached hydrogen (secondary N) is 4. The summed E-state index contributed by atoms with van der Waals surface area (Å²) in [5.41, 5.74) is -0.487. The zero-order chi connectivity index (χ0) is 19.7. The number of benzene rings is 1. The van der Waals surface area contributed by atoms with Crippen molar-refractivity contribution in [3.05, 3.63) is 29.6 Å². The summed E-state index contributed by atoms with van der Waals surface area (Å²) in [4.78, 5) is 35.4. The third-order valence-corrected chi connectivity index (χ3v) is 3.25. The van der Waals surface area contributed by atoms with Crippen molar-refractivity contribution in [3.63, 3.8) is 0 Å². The maximum absolute atomic E-state index is 13.5. The summed E-state index contributed by atoms with van der Waals surface area (Å²) in [5, 5.41) is 7.13. The highest BCUT2D eigenvalue weighted by molar-refractivity contribution is 5.91. The molecule has 0 aliphatic carbocycles. The zero-order valence-corrected chi connectivity index (χ0v) is 14.5. The van der Waals surface area contributed by atoms with Crippen LogP contribution in [0.1, 0.15) is 13.3 Å². The van der Waals surface area contributed by atoms with Gasteiger partial charge < -0.3 is 20.9 Å². The number of hydrogen-bond acceptors (Lipinski definition) is 3. The van der Waals surface area contributed by atoms with E-state index in [0.29, 0.717) is 17.5 Å². The van der Waals surface area contributed by atoms with Gasteiger partial charge in [0.1, 0.15) is 0 Å². The lowest BCUT2D eigenvalue weighted by Crippen LogP contribution is -3.11. The first-order chi connectivity index (χ1) is 12.2. The monoisotopic (exact) mass is 375 g/mol. The minimum Gasteiger partial charge on any atom is -0.355 e. The van der Waals surface area contributed by atoms with Crippen molar-refractivity contribution in [2.45, 2.75) is 13.3 Å². The Morgan fingerprint density at radius 3 is 2.27 bits per heavy atom. The normalized spacial score (nSPS) is 11.6. The van der Waals surface area contributed by atoms with E-state index >= 15 is 0 Å². The van der Waals surface area contributed by atoms with E-state index in [2.05, 4.69) is 16.0 Å². The van der Waals surface area contributed by atoms with Crippen molar-refractivity contribution in [1.29, 1.82) is 0 Å². The summed E-state index contributed by atoms with van der Waals surface area (Å²) in [7, 11) is 1.54. The second-order valence-electron chi connectivity index (χ2n) is 5.71. The molecule has 1 aromatic carbocycles. The number of halogens is 3. The van der Waals surface area contributed by atoms with Gasteiger partial charge in [-0.15, -0.1) is 0 Å². The van der Waals surface area contributed by atoms with Crippen molar-refractivity contribution < 1.29 is 32.5 Å². The molecule has 0 aliphatic heterocycles. The number of carbonyl (C=O) groups is 3. The number of amides is 3. The number of carbonyl (C=O) groups excluding carboxylic acids is 3. The molecular formula is C16H22F3N4O3+. The molecule has 1 aromatic rings. The molecule has 0 radical (unpaired) electrons. The SMILES string of the molecule is CCCNC(=O)CNC(=O)C[NH+](C)CC(=O)Nc1ccc(F)c(F)c1F. The number of hydrogen-bond donors (Lipinski definition) is 4. The van der Waals surface area contributed by atoms with Gasteiger partial charge in [-0.25, -0.2) is 13.2 Å². The van der Waals surface area contributed by atoms with E-state index in [1.54, 1.807) is 0 Å². The number of quaternary nitrogens is 1. The highest BCUT2D eigenvalue weighted by atomic mass is 19.2. The first-order valence-corrected chi connectivity index (χ1v) is 8.02. The van der Waals surface area contributed by atoms with Crippen LogP contribution in [0.3, 0.4) is 0 Å². The first-order valence-electron chi connectivity index (χ1n) is 8.02. The summed E-state index contributed by atoms with van der Waals surface area (Å²) >= 11 is 0. The quantitative estimate of drug-likeness (QED) is 0.426. The fourth-order valence-electron chi connectivity index (χ4n) is 2.00. The van der Waals surface area contributed by atoms with E-state index < -0.39 is 35.0 Å². The Morgan fingerprint density at radius 1 is 0.962 bits per heavy atom. The van der Waals surface area contributed by atoms with Crippen LogP contribution >= 0.6 is 0 Å². The van der Waals surface area contributed by atoms with E-state index in [1.165, 1.54) is 7.05 Å². The highest BCUT2D eigenvalue weighted by Crippen LogP contribution is 2.19. The number of likely N-dealkylation sites (N-methyl/N-ethyl adjacent to an activating group) is 1. The van der Waals surface area contributed by atoms with E-state index in [4.69, 9.17) is 0 Å². The molecule has 1 rings (SSSR count). The summed E-state index contributed by atoms with van der Waals surface area (Å²) in [6.45, 7) is 1.93. The van der Waals surface area contributed by atoms with Crippen LogP contribution in [0.5, 0.6) is 0 Å². The first kappa shape index (κ1) is 21.4. The van der Waals surface area contributed by atoms with E-state index in [9.17, 15) is 27.6 Å². The highest BCUT2D eigenvalue weighted by Gasteiger charge is 2.18. The van der Waals surface area contributed by atoms with Crippen molar-refractivity contribution in [1.82, 2.24) is 10.6 Å². The van der Waals surface area contributed by atoms with Gasteiger partial charge in [0.25, 0.3) is 11.8 Å². The van der Waals surface area contributed by atoms with Gasteiger partial charge >= 0.3 is 0 Å². The number of rotatable bonds is 9. The minimum absolute atomic E-state index is 0.102. The van der Waals surface area contributed by atoms with E-state index in [-0.39, 0.29) is 25.5 Å². The van der Waals surface area contributed by atoms with Crippen molar-refractivity contribution in [3.8, 4) is 0 Å². The Bertz CT molecular complexity index is 670. The maximum atomic E-state index is 13.5. The van der Waals surface area contributed by atoms with Crippen LogP contribution in [0.25, 0.3) is 0 Å². The smallest absolute Gasteiger partial charge is 0.279 e. The lowest BCUT2D eigenvalue weighted by Gasteiger charge is -2.14. The van der Waals surface area contributed by atoms with Gasteiger partial charge in [0, 0.05) is 6.54 Å². The third kappa shape index (κ3) is 7.09. The van der Waals surface area contributed by atoms with Crippen LogP contribution in [0.15, 0.2) is 12.1 Å². The molecule has 0 aromatic heterocycles. The molecule has 0 spiro atoms. The van der Waals surface area contributed by atoms with Crippen LogP contribution < -0.4 is 20.9 Å². The predicted octanol–water partition coefficient (Wildman–Crippen LogP) is -0.800.